The molecule has 2 aromatic rings. The third-order valence-electron chi connectivity index (χ3n) is 3.00. The molecule has 0 saturated heterocycles. The van der Waals surface area contributed by atoms with Crippen LogP contribution in [0.15, 0.2) is 36.5 Å². The summed E-state index contributed by atoms with van der Waals surface area (Å²) in [6, 6.07) is 8.52. The summed E-state index contributed by atoms with van der Waals surface area (Å²) in [6.45, 7) is 1.48. The van der Waals surface area contributed by atoms with Crippen molar-refractivity contribution in [3.05, 3.63) is 53.3 Å². The van der Waals surface area contributed by atoms with E-state index < -0.39 is 0 Å². The molecule has 0 unspecified atom stereocenters. The fourth-order valence-electron chi connectivity index (χ4n) is 1.87. The van der Waals surface area contributed by atoms with Crippen molar-refractivity contribution in [1.29, 1.82) is 0 Å². The summed E-state index contributed by atoms with van der Waals surface area (Å²) in [5, 5.41) is 0. The molecule has 0 fully saturated rings. The molecule has 2 rings (SSSR count). The first kappa shape index (κ1) is 13.1. The zero-order chi connectivity index (χ0) is 14.0. The molecule has 0 amide bonds. The highest BCUT2D eigenvalue weighted by molar-refractivity contribution is 6.09. The van der Waals surface area contributed by atoms with Gasteiger partial charge in [0, 0.05) is 24.4 Å². The van der Waals surface area contributed by atoms with Crippen molar-refractivity contribution >= 4 is 11.6 Å². The molecule has 0 bridgehead atoms. The zero-order valence-electron chi connectivity index (χ0n) is 11.1. The molecule has 1 aromatic heterocycles. The monoisotopic (exact) mass is 257 g/mol. The average Bonchev–Trinajstić information content (AvgIpc) is 2.80. The number of aromatic nitrogens is 1. The number of nitrogens with zero attached hydrogens (tertiary/aromatic N) is 1. The van der Waals surface area contributed by atoms with E-state index in [0.29, 0.717) is 22.6 Å². The first-order valence-electron chi connectivity index (χ1n) is 5.89. The number of ether oxygens (including phenoxy) is 1. The predicted octanol–water partition coefficient (Wildman–Crippen LogP) is 2.47. The second kappa shape index (κ2) is 5.10. The topological polar surface area (TPSA) is 48.3 Å². The number of hydrogen-bond donors (Lipinski definition) is 0. The number of hydrogen-bond acceptors (Lipinski definition) is 3. The van der Waals surface area contributed by atoms with Crippen LogP contribution in [0.25, 0.3) is 0 Å². The minimum atomic E-state index is -0.113. The van der Waals surface area contributed by atoms with Crippen molar-refractivity contribution in [2.45, 2.75) is 6.92 Å². The Morgan fingerprint density at radius 1 is 1.11 bits per heavy atom. The van der Waals surface area contributed by atoms with Crippen molar-refractivity contribution in [3.63, 3.8) is 0 Å². The molecule has 0 N–H and O–H groups in total. The van der Waals surface area contributed by atoms with Crippen LogP contribution in [0.4, 0.5) is 0 Å². The Balaban J connectivity index is 2.35. The second-order valence-electron chi connectivity index (χ2n) is 4.34. The summed E-state index contributed by atoms with van der Waals surface area (Å²) in [4.78, 5) is 23.6. The van der Waals surface area contributed by atoms with E-state index in [0.717, 1.165) is 0 Å². The normalized spacial score (nSPS) is 10.3. The molecule has 98 valence electrons. The Morgan fingerprint density at radius 2 is 1.74 bits per heavy atom. The maximum absolute atomic E-state index is 12.3. The number of benzene rings is 1. The number of methoxy groups -OCH3 is 1. The number of aryl methyl sites for hydroxylation is 1. The lowest BCUT2D eigenvalue weighted by Crippen LogP contribution is -2.06. The fraction of sp³-hybridized carbons (Fsp3) is 0.200. The number of Topliss-reactive ketones (excluding diaryl/α,β-unsaturated/α-hetero) is 1. The Bertz CT molecular complexity index is 623. The first-order valence-corrected chi connectivity index (χ1v) is 5.89. The molecule has 0 atom stereocenters. The summed E-state index contributed by atoms with van der Waals surface area (Å²) >= 11 is 0. The van der Waals surface area contributed by atoms with Gasteiger partial charge in [-0.1, -0.05) is 0 Å². The van der Waals surface area contributed by atoms with Crippen LogP contribution in [0.3, 0.4) is 0 Å². The minimum absolute atomic E-state index is 0.0515. The van der Waals surface area contributed by atoms with Crippen molar-refractivity contribution < 1.29 is 14.3 Å². The highest BCUT2D eigenvalue weighted by atomic mass is 16.5. The summed E-state index contributed by atoms with van der Waals surface area (Å²) in [7, 11) is 3.33. The van der Waals surface area contributed by atoms with Gasteiger partial charge in [-0.3, -0.25) is 9.59 Å². The third-order valence-corrected chi connectivity index (χ3v) is 3.00. The van der Waals surface area contributed by atoms with Crippen molar-refractivity contribution in [1.82, 2.24) is 4.57 Å². The molecular formula is C15H15NO3. The van der Waals surface area contributed by atoms with E-state index in [1.807, 2.05) is 0 Å². The fourth-order valence-corrected chi connectivity index (χ4v) is 1.87. The Kier molecular flexibility index (Phi) is 3.51. The third kappa shape index (κ3) is 2.57. The van der Waals surface area contributed by atoms with E-state index in [9.17, 15) is 9.59 Å². The van der Waals surface area contributed by atoms with Gasteiger partial charge in [-0.2, -0.15) is 0 Å². The maximum atomic E-state index is 12.3. The lowest BCUT2D eigenvalue weighted by molar-refractivity contribution is 0.101. The summed E-state index contributed by atoms with van der Waals surface area (Å²) in [5.41, 5.74) is 1.60. The van der Waals surface area contributed by atoms with Crippen molar-refractivity contribution in [2.24, 2.45) is 7.05 Å². The van der Waals surface area contributed by atoms with E-state index in [-0.39, 0.29) is 11.6 Å². The molecule has 0 radical (unpaired) electrons. The molecule has 0 aliphatic carbocycles. The van der Waals surface area contributed by atoms with Crippen molar-refractivity contribution in [3.8, 4) is 5.75 Å². The van der Waals surface area contributed by atoms with Crippen LogP contribution < -0.4 is 4.74 Å². The van der Waals surface area contributed by atoms with Gasteiger partial charge in [0.2, 0.25) is 5.78 Å². The van der Waals surface area contributed by atoms with Crippen LogP contribution in [-0.4, -0.2) is 23.2 Å². The zero-order valence-corrected chi connectivity index (χ0v) is 11.1. The van der Waals surface area contributed by atoms with Crippen LogP contribution in [-0.2, 0) is 7.05 Å². The standard InChI is InChI=1S/C15H15NO3/c1-10(17)12-8-14(16(2)9-12)15(18)11-4-6-13(19-3)7-5-11/h4-9H,1-3H3. The van der Waals surface area contributed by atoms with Gasteiger partial charge < -0.3 is 9.30 Å². The Hall–Kier alpha value is -2.36. The van der Waals surface area contributed by atoms with E-state index >= 15 is 0 Å². The summed E-state index contributed by atoms with van der Waals surface area (Å²) in [5.74, 6) is 0.537. The Morgan fingerprint density at radius 3 is 2.21 bits per heavy atom. The molecule has 19 heavy (non-hydrogen) atoms. The molecular weight excluding hydrogens is 242 g/mol. The van der Waals surface area contributed by atoms with E-state index in [1.165, 1.54) is 6.92 Å². The molecule has 1 heterocycles. The van der Waals surface area contributed by atoms with Gasteiger partial charge in [0.15, 0.2) is 5.78 Å². The number of rotatable bonds is 4. The van der Waals surface area contributed by atoms with E-state index in [2.05, 4.69) is 0 Å². The van der Waals surface area contributed by atoms with Gasteiger partial charge in [-0.25, -0.2) is 0 Å². The first-order chi connectivity index (χ1) is 9.02. The molecule has 0 spiro atoms. The van der Waals surface area contributed by atoms with E-state index in [1.54, 1.807) is 55.3 Å². The van der Waals surface area contributed by atoms with Crippen LogP contribution in [0.5, 0.6) is 5.75 Å². The quantitative estimate of drug-likeness (QED) is 0.790. The molecule has 4 heteroatoms. The molecule has 0 aliphatic rings. The summed E-state index contributed by atoms with van der Waals surface area (Å²) in [6.07, 6.45) is 1.67. The van der Waals surface area contributed by atoms with Crippen LogP contribution in [0, 0.1) is 0 Å². The molecule has 0 aliphatic heterocycles. The largest absolute Gasteiger partial charge is 0.497 e. The molecule has 0 saturated carbocycles. The van der Waals surface area contributed by atoms with Gasteiger partial charge in [-0.15, -0.1) is 0 Å². The molecule has 4 nitrogen and oxygen atoms in total. The van der Waals surface area contributed by atoms with Crippen molar-refractivity contribution in [2.75, 3.05) is 7.11 Å². The van der Waals surface area contributed by atoms with Crippen LogP contribution in [0.1, 0.15) is 33.3 Å². The van der Waals surface area contributed by atoms with Crippen LogP contribution >= 0.6 is 0 Å². The second-order valence-corrected chi connectivity index (χ2v) is 4.34. The minimum Gasteiger partial charge on any atom is -0.497 e. The SMILES string of the molecule is COc1ccc(C(=O)c2cc(C(C)=O)cn2C)cc1. The lowest BCUT2D eigenvalue weighted by Gasteiger charge is -2.04. The predicted molar refractivity (Wildman–Crippen MR) is 71.8 cm³/mol. The maximum Gasteiger partial charge on any atom is 0.209 e. The number of ketones is 2. The number of carbonyl (C=O) groups excluding carboxylic acids is 2. The average molecular weight is 257 g/mol. The highest BCUT2D eigenvalue weighted by Gasteiger charge is 2.15. The van der Waals surface area contributed by atoms with E-state index in [4.69, 9.17) is 4.74 Å². The highest BCUT2D eigenvalue weighted by Crippen LogP contribution is 2.16. The lowest BCUT2D eigenvalue weighted by atomic mass is 10.1. The Labute approximate surface area is 111 Å². The molecule has 1 aromatic carbocycles. The van der Waals surface area contributed by atoms with Gasteiger partial charge in [0.1, 0.15) is 5.75 Å². The number of carbonyl (C=O) groups is 2. The van der Waals surface area contributed by atoms with Gasteiger partial charge in [-0.05, 0) is 37.3 Å². The summed E-state index contributed by atoms with van der Waals surface area (Å²) < 4.78 is 6.72. The van der Waals surface area contributed by atoms with Gasteiger partial charge >= 0.3 is 0 Å². The van der Waals surface area contributed by atoms with Crippen LogP contribution in [0.2, 0.25) is 0 Å². The van der Waals surface area contributed by atoms with Gasteiger partial charge in [0.25, 0.3) is 0 Å². The smallest absolute Gasteiger partial charge is 0.209 e. The van der Waals surface area contributed by atoms with Gasteiger partial charge in [0.05, 0.1) is 12.8 Å².